The highest BCUT2D eigenvalue weighted by Gasteiger charge is 2.10. The minimum Gasteiger partial charge on any atom is -0.493 e. The lowest BCUT2D eigenvalue weighted by Gasteiger charge is -2.22. The van der Waals surface area contributed by atoms with Gasteiger partial charge in [0.15, 0.2) is 0 Å². The van der Waals surface area contributed by atoms with E-state index in [0.717, 1.165) is 18.7 Å². The van der Waals surface area contributed by atoms with E-state index in [1.54, 1.807) is 11.8 Å². The summed E-state index contributed by atoms with van der Waals surface area (Å²) < 4.78 is 5.48. The SMILES string of the molecule is CC(=O)N(CCNC(=O)CCOc1ccccc1)CCC(C)C. The zero-order chi connectivity index (χ0) is 17.1. The highest BCUT2D eigenvalue weighted by Crippen LogP contribution is 2.08. The van der Waals surface area contributed by atoms with Crippen molar-refractivity contribution in [1.29, 1.82) is 0 Å². The molecule has 0 atom stereocenters. The monoisotopic (exact) mass is 320 g/mol. The summed E-state index contributed by atoms with van der Waals surface area (Å²) >= 11 is 0. The molecule has 5 nitrogen and oxygen atoms in total. The molecule has 0 fully saturated rings. The van der Waals surface area contributed by atoms with Gasteiger partial charge < -0.3 is 15.0 Å². The van der Waals surface area contributed by atoms with Gasteiger partial charge in [-0.3, -0.25) is 9.59 Å². The summed E-state index contributed by atoms with van der Waals surface area (Å²) in [5.74, 6) is 1.30. The van der Waals surface area contributed by atoms with Gasteiger partial charge in [-0.05, 0) is 24.5 Å². The molecule has 1 N–H and O–H groups in total. The third-order valence-electron chi connectivity index (χ3n) is 3.47. The van der Waals surface area contributed by atoms with Crippen molar-refractivity contribution in [2.75, 3.05) is 26.2 Å². The first kappa shape index (κ1) is 19.0. The van der Waals surface area contributed by atoms with Crippen molar-refractivity contribution < 1.29 is 14.3 Å². The lowest BCUT2D eigenvalue weighted by molar-refractivity contribution is -0.129. The standard InChI is InChI=1S/C18H28N2O3/c1-15(2)9-12-20(16(3)21)13-11-19-18(22)10-14-23-17-7-5-4-6-8-17/h4-8,15H,9-14H2,1-3H3,(H,19,22). The third kappa shape index (κ3) is 8.86. The average molecular weight is 320 g/mol. The van der Waals surface area contributed by atoms with Crippen LogP contribution < -0.4 is 10.1 Å². The molecule has 1 aromatic carbocycles. The number of amides is 2. The molecule has 0 aromatic heterocycles. The number of nitrogens with one attached hydrogen (secondary N) is 1. The summed E-state index contributed by atoms with van der Waals surface area (Å²) in [4.78, 5) is 25.1. The van der Waals surface area contributed by atoms with E-state index in [1.807, 2.05) is 30.3 Å². The quantitative estimate of drug-likeness (QED) is 0.720. The van der Waals surface area contributed by atoms with Gasteiger partial charge >= 0.3 is 0 Å². The highest BCUT2D eigenvalue weighted by molar-refractivity contribution is 5.76. The Hall–Kier alpha value is -2.04. The Labute approximate surface area is 139 Å². The van der Waals surface area contributed by atoms with Crippen molar-refractivity contribution in [3.05, 3.63) is 30.3 Å². The zero-order valence-corrected chi connectivity index (χ0v) is 14.4. The minimum absolute atomic E-state index is 0.0484. The van der Waals surface area contributed by atoms with E-state index in [1.165, 1.54) is 0 Å². The van der Waals surface area contributed by atoms with Gasteiger partial charge in [0.25, 0.3) is 0 Å². The first-order valence-corrected chi connectivity index (χ1v) is 8.19. The molecular formula is C18H28N2O3. The van der Waals surface area contributed by atoms with Crippen LogP contribution in [0.25, 0.3) is 0 Å². The summed E-state index contributed by atoms with van der Waals surface area (Å²) in [5, 5.41) is 2.83. The van der Waals surface area contributed by atoms with Crippen LogP contribution >= 0.6 is 0 Å². The highest BCUT2D eigenvalue weighted by atomic mass is 16.5. The number of carbonyl (C=O) groups is 2. The number of rotatable bonds is 10. The van der Waals surface area contributed by atoms with Crippen molar-refractivity contribution in [1.82, 2.24) is 10.2 Å². The topological polar surface area (TPSA) is 58.6 Å². The molecule has 0 spiro atoms. The van der Waals surface area contributed by atoms with Gasteiger partial charge in [0.1, 0.15) is 5.75 Å². The van der Waals surface area contributed by atoms with Gasteiger partial charge in [-0.25, -0.2) is 0 Å². The number of carbonyl (C=O) groups excluding carboxylic acids is 2. The molecule has 0 bridgehead atoms. The second kappa shape index (κ2) is 10.6. The van der Waals surface area contributed by atoms with Crippen LogP contribution in [0.2, 0.25) is 0 Å². The van der Waals surface area contributed by atoms with Crippen LogP contribution in [0.5, 0.6) is 5.75 Å². The Kier molecular flexibility index (Phi) is 8.80. The van der Waals surface area contributed by atoms with Gasteiger partial charge in [0.2, 0.25) is 11.8 Å². The van der Waals surface area contributed by atoms with Crippen LogP contribution in [0.15, 0.2) is 30.3 Å². The number of nitrogens with zero attached hydrogens (tertiary/aromatic N) is 1. The van der Waals surface area contributed by atoms with Gasteiger partial charge in [-0.15, -0.1) is 0 Å². The predicted molar refractivity (Wildman–Crippen MR) is 91.3 cm³/mol. The average Bonchev–Trinajstić information content (AvgIpc) is 2.51. The molecule has 1 aromatic rings. The molecule has 5 heteroatoms. The minimum atomic E-state index is -0.0618. The van der Waals surface area contributed by atoms with Gasteiger partial charge in [0.05, 0.1) is 13.0 Å². The first-order valence-electron chi connectivity index (χ1n) is 8.19. The molecule has 0 aliphatic heterocycles. The van der Waals surface area contributed by atoms with E-state index in [9.17, 15) is 9.59 Å². The molecule has 128 valence electrons. The maximum atomic E-state index is 11.8. The molecule has 2 amide bonds. The lowest BCUT2D eigenvalue weighted by atomic mass is 10.1. The van der Waals surface area contributed by atoms with Crippen molar-refractivity contribution in [3.8, 4) is 5.75 Å². The van der Waals surface area contributed by atoms with Crippen LogP contribution in [0.3, 0.4) is 0 Å². The molecule has 0 aliphatic carbocycles. The van der Waals surface area contributed by atoms with Gasteiger partial charge in [-0.1, -0.05) is 32.0 Å². The maximum Gasteiger partial charge on any atom is 0.223 e. The molecule has 0 heterocycles. The van der Waals surface area contributed by atoms with E-state index < -0.39 is 0 Å². The Morgan fingerprint density at radius 1 is 1.17 bits per heavy atom. The molecule has 23 heavy (non-hydrogen) atoms. The summed E-state index contributed by atoms with van der Waals surface area (Å²) in [6.07, 6.45) is 1.28. The molecule has 0 saturated heterocycles. The summed E-state index contributed by atoms with van der Waals surface area (Å²) in [6, 6.07) is 9.42. The van der Waals surface area contributed by atoms with Crippen LogP contribution in [-0.2, 0) is 9.59 Å². The van der Waals surface area contributed by atoms with Crippen LogP contribution in [0.1, 0.15) is 33.6 Å². The second-order valence-corrected chi connectivity index (χ2v) is 5.95. The van der Waals surface area contributed by atoms with Crippen LogP contribution in [-0.4, -0.2) is 43.0 Å². The number of hydrogen-bond donors (Lipinski definition) is 1. The summed E-state index contributed by atoms with van der Waals surface area (Å²) in [7, 11) is 0. The molecule has 0 aliphatic rings. The van der Waals surface area contributed by atoms with E-state index in [2.05, 4.69) is 19.2 Å². The van der Waals surface area contributed by atoms with Gasteiger partial charge in [-0.2, -0.15) is 0 Å². The fraction of sp³-hybridized carbons (Fsp3) is 0.556. The van der Waals surface area contributed by atoms with Gasteiger partial charge in [0, 0.05) is 26.6 Å². The number of benzene rings is 1. The fourth-order valence-corrected chi connectivity index (χ4v) is 2.04. The molecular weight excluding hydrogens is 292 g/mol. The van der Waals surface area contributed by atoms with Crippen molar-refractivity contribution in [3.63, 3.8) is 0 Å². The van der Waals surface area contributed by atoms with E-state index in [0.29, 0.717) is 32.0 Å². The number of ether oxygens (including phenoxy) is 1. The van der Waals surface area contributed by atoms with Crippen LogP contribution in [0, 0.1) is 5.92 Å². The largest absolute Gasteiger partial charge is 0.493 e. The van der Waals surface area contributed by atoms with Crippen molar-refractivity contribution >= 4 is 11.8 Å². The molecule has 0 unspecified atom stereocenters. The normalized spacial score (nSPS) is 10.4. The smallest absolute Gasteiger partial charge is 0.223 e. The van der Waals surface area contributed by atoms with E-state index in [4.69, 9.17) is 4.74 Å². The third-order valence-corrected chi connectivity index (χ3v) is 3.47. The van der Waals surface area contributed by atoms with Crippen molar-refractivity contribution in [2.45, 2.75) is 33.6 Å². The second-order valence-electron chi connectivity index (χ2n) is 5.95. The summed E-state index contributed by atoms with van der Waals surface area (Å²) in [6.45, 7) is 7.93. The molecule has 0 radical (unpaired) electrons. The first-order chi connectivity index (χ1) is 11.0. The summed E-state index contributed by atoms with van der Waals surface area (Å²) in [5.41, 5.74) is 0. The van der Waals surface area contributed by atoms with Crippen LogP contribution in [0.4, 0.5) is 0 Å². The zero-order valence-electron chi connectivity index (χ0n) is 14.4. The van der Waals surface area contributed by atoms with Crippen molar-refractivity contribution in [2.24, 2.45) is 5.92 Å². The lowest BCUT2D eigenvalue weighted by Crippen LogP contribution is -2.38. The molecule has 1 rings (SSSR count). The van der Waals surface area contributed by atoms with E-state index >= 15 is 0 Å². The Morgan fingerprint density at radius 2 is 1.87 bits per heavy atom. The Balaban J connectivity index is 2.17. The molecule has 0 saturated carbocycles. The number of para-hydroxylation sites is 1. The number of hydrogen-bond acceptors (Lipinski definition) is 3. The van der Waals surface area contributed by atoms with E-state index in [-0.39, 0.29) is 11.8 Å². The predicted octanol–water partition coefficient (Wildman–Crippen LogP) is 2.47. The fourth-order valence-electron chi connectivity index (χ4n) is 2.04. The Bertz CT molecular complexity index is 474. The Morgan fingerprint density at radius 3 is 2.48 bits per heavy atom. The maximum absolute atomic E-state index is 11.8.